The van der Waals surface area contributed by atoms with E-state index in [1.807, 2.05) is 18.2 Å². The number of ketones is 1. The summed E-state index contributed by atoms with van der Waals surface area (Å²) in [6, 6.07) is 5.71. The Kier molecular flexibility index (Phi) is 2.28. The first-order valence-corrected chi connectivity index (χ1v) is 5.00. The minimum Gasteiger partial charge on any atom is -0.493 e. The first-order chi connectivity index (χ1) is 6.74. The van der Waals surface area contributed by atoms with Gasteiger partial charge < -0.3 is 4.74 Å². The van der Waals surface area contributed by atoms with Gasteiger partial charge in [0.1, 0.15) is 5.75 Å². The Labute approximate surface area is 83.9 Å². The molecule has 0 saturated carbocycles. The molecule has 0 saturated heterocycles. The lowest BCUT2D eigenvalue weighted by atomic mass is 9.92. The molecule has 14 heavy (non-hydrogen) atoms. The van der Waals surface area contributed by atoms with Crippen molar-refractivity contribution in [3.05, 3.63) is 29.3 Å². The van der Waals surface area contributed by atoms with Crippen molar-refractivity contribution < 1.29 is 9.53 Å². The van der Waals surface area contributed by atoms with E-state index in [-0.39, 0.29) is 5.78 Å². The van der Waals surface area contributed by atoms with Crippen molar-refractivity contribution in [1.29, 1.82) is 0 Å². The van der Waals surface area contributed by atoms with Crippen molar-refractivity contribution in [2.45, 2.75) is 26.2 Å². The van der Waals surface area contributed by atoms with Crippen molar-refractivity contribution in [3.8, 4) is 5.75 Å². The van der Waals surface area contributed by atoms with Crippen LogP contribution in [-0.4, -0.2) is 12.4 Å². The highest BCUT2D eigenvalue weighted by Crippen LogP contribution is 2.38. The Bertz CT molecular complexity index is 369. The molecule has 0 unspecified atom stereocenters. The van der Waals surface area contributed by atoms with Gasteiger partial charge in [-0.1, -0.05) is 19.1 Å². The molecule has 0 bridgehead atoms. The quantitative estimate of drug-likeness (QED) is 0.670. The molecule has 1 heterocycles. The second-order valence-electron chi connectivity index (χ2n) is 3.69. The Morgan fingerprint density at radius 2 is 2.36 bits per heavy atom. The van der Waals surface area contributed by atoms with Gasteiger partial charge in [0.15, 0.2) is 5.78 Å². The van der Waals surface area contributed by atoms with Crippen LogP contribution in [0.3, 0.4) is 0 Å². The average molecular weight is 190 g/mol. The maximum atomic E-state index is 11.4. The van der Waals surface area contributed by atoms with Gasteiger partial charge in [0.2, 0.25) is 0 Å². The Morgan fingerprint density at radius 1 is 1.57 bits per heavy atom. The van der Waals surface area contributed by atoms with E-state index in [9.17, 15) is 4.79 Å². The van der Waals surface area contributed by atoms with Crippen LogP contribution >= 0.6 is 0 Å². The van der Waals surface area contributed by atoms with E-state index in [0.29, 0.717) is 5.92 Å². The minimum atomic E-state index is 0.130. The molecule has 1 aromatic rings. The molecule has 0 amide bonds. The van der Waals surface area contributed by atoms with E-state index in [1.54, 1.807) is 6.92 Å². The van der Waals surface area contributed by atoms with Gasteiger partial charge in [-0.2, -0.15) is 0 Å². The van der Waals surface area contributed by atoms with E-state index >= 15 is 0 Å². The van der Waals surface area contributed by atoms with Crippen molar-refractivity contribution in [3.63, 3.8) is 0 Å². The van der Waals surface area contributed by atoms with Crippen molar-refractivity contribution in [2.75, 3.05) is 6.61 Å². The Hall–Kier alpha value is -1.31. The van der Waals surface area contributed by atoms with Crippen LogP contribution in [0.15, 0.2) is 18.2 Å². The maximum Gasteiger partial charge on any atom is 0.160 e. The fourth-order valence-corrected chi connectivity index (χ4v) is 1.99. The molecule has 74 valence electrons. The van der Waals surface area contributed by atoms with Gasteiger partial charge in [0.25, 0.3) is 0 Å². The molecule has 1 atom stereocenters. The van der Waals surface area contributed by atoms with Crippen molar-refractivity contribution in [2.24, 2.45) is 0 Å². The van der Waals surface area contributed by atoms with Gasteiger partial charge >= 0.3 is 0 Å². The van der Waals surface area contributed by atoms with Gasteiger partial charge in [-0.15, -0.1) is 0 Å². The van der Waals surface area contributed by atoms with Crippen LogP contribution in [0.25, 0.3) is 0 Å². The highest BCUT2D eigenvalue weighted by atomic mass is 16.5. The number of carbonyl (C=O) groups excluding carboxylic acids is 1. The fraction of sp³-hybridized carbons (Fsp3) is 0.417. The van der Waals surface area contributed by atoms with E-state index < -0.39 is 0 Å². The third-order valence-electron chi connectivity index (χ3n) is 2.79. The molecule has 0 aromatic heterocycles. The summed E-state index contributed by atoms with van der Waals surface area (Å²) in [5.74, 6) is 1.42. The second kappa shape index (κ2) is 3.45. The highest BCUT2D eigenvalue weighted by molar-refractivity contribution is 5.96. The number of carbonyl (C=O) groups is 1. The van der Waals surface area contributed by atoms with E-state index in [2.05, 4.69) is 6.92 Å². The summed E-state index contributed by atoms with van der Waals surface area (Å²) in [5, 5.41) is 0. The van der Waals surface area contributed by atoms with Crippen LogP contribution in [0.1, 0.15) is 42.1 Å². The number of benzene rings is 1. The monoisotopic (exact) mass is 190 g/mol. The predicted molar refractivity (Wildman–Crippen MR) is 55.0 cm³/mol. The molecule has 0 spiro atoms. The lowest BCUT2D eigenvalue weighted by molar-refractivity contribution is 0.101. The number of hydrogen-bond acceptors (Lipinski definition) is 2. The van der Waals surface area contributed by atoms with Crippen LogP contribution in [0.4, 0.5) is 0 Å². The van der Waals surface area contributed by atoms with Gasteiger partial charge in [-0.3, -0.25) is 4.79 Å². The summed E-state index contributed by atoms with van der Waals surface area (Å²) in [5.41, 5.74) is 1.94. The zero-order valence-electron chi connectivity index (χ0n) is 8.54. The summed E-state index contributed by atoms with van der Waals surface area (Å²) >= 11 is 0. The maximum absolute atomic E-state index is 11.4. The first-order valence-electron chi connectivity index (χ1n) is 5.00. The van der Waals surface area contributed by atoms with E-state index in [0.717, 1.165) is 29.9 Å². The third kappa shape index (κ3) is 1.31. The first kappa shape index (κ1) is 9.25. The van der Waals surface area contributed by atoms with Crippen LogP contribution < -0.4 is 4.74 Å². The van der Waals surface area contributed by atoms with Crippen LogP contribution in [0.5, 0.6) is 5.75 Å². The van der Waals surface area contributed by atoms with Crippen molar-refractivity contribution >= 4 is 5.78 Å². The number of rotatable bonds is 2. The molecule has 2 rings (SSSR count). The molecular formula is C12H14O2. The number of ether oxygens (including phenoxy) is 1. The number of fused-ring (bicyclic) bond motifs is 1. The topological polar surface area (TPSA) is 26.3 Å². The van der Waals surface area contributed by atoms with Gasteiger partial charge in [0.05, 0.1) is 6.61 Å². The van der Waals surface area contributed by atoms with E-state index in [4.69, 9.17) is 4.74 Å². The second-order valence-corrected chi connectivity index (χ2v) is 3.69. The summed E-state index contributed by atoms with van der Waals surface area (Å²) in [7, 11) is 0. The van der Waals surface area contributed by atoms with Crippen LogP contribution in [0.2, 0.25) is 0 Å². The SMILES string of the molecule is CC[C@H]1COc2cccc(C(C)=O)c21. The Balaban J connectivity index is 2.54. The molecule has 0 aliphatic carbocycles. The van der Waals surface area contributed by atoms with Crippen LogP contribution in [-0.2, 0) is 0 Å². The largest absolute Gasteiger partial charge is 0.493 e. The molecule has 2 heteroatoms. The molecule has 1 aliphatic rings. The minimum absolute atomic E-state index is 0.130. The molecule has 0 N–H and O–H groups in total. The number of hydrogen-bond donors (Lipinski definition) is 0. The third-order valence-corrected chi connectivity index (χ3v) is 2.79. The average Bonchev–Trinajstić information content (AvgIpc) is 2.59. The molecule has 1 aliphatic heterocycles. The normalized spacial score (nSPS) is 18.9. The summed E-state index contributed by atoms with van der Waals surface area (Å²) in [6.45, 7) is 4.46. The fourth-order valence-electron chi connectivity index (χ4n) is 1.99. The van der Waals surface area contributed by atoms with Crippen LogP contribution in [0, 0.1) is 0 Å². The van der Waals surface area contributed by atoms with Crippen molar-refractivity contribution in [1.82, 2.24) is 0 Å². The van der Waals surface area contributed by atoms with Gasteiger partial charge in [-0.25, -0.2) is 0 Å². The molecular weight excluding hydrogens is 176 g/mol. The lowest BCUT2D eigenvalue weighted by Gasteiger charge is -2.08. The molecule has 0 fully saturated rings. The Morgan fingerprint density at radius 3 is 3.00 bits per heavy atom. The van der Waals surface area contributed by atoms with E-state index in [1.165, 1.54) is 0 Å². The van der Waals surface area contributed by atoms with Gasteiger partial charge in [0, 0.05) is 17.0 Å². The summed E-state index contributed by atoms with van der Waals surface area (Å²) < 4.78 is 5.54. The molecule has 2 nitrogen and oxygen atoms in total. The molecule has 1 aromatic carbocycles. The summed E-state index contributed by atoms with van der Waals surface area (Å²) in [4.78, 5) is 11.4. The molecule has 0 radical (unpaired) electrons. The number of Topliss-reactive ketones (excluding diaryl/α,β-unsaturated/α-hetero) is 1. The van der Waals surface area contributed by atoms with Gasteiger partial charge in [-0.05, 0) is 19.4 Å². The lowest BCUT2D eigenvalue weighted by Crippen LogP contribution is -2.03. The highest BCUT2D eigenvalue weighted by Gasteiger charge is 2.26. The smallest absolute Gasteiger partial charge is 0.160 e. The summed E-state index contributed by atoms with van der Waals surface area (Å²) in [6.07, 6.45) is 1.03. The zero-order chi connectivity index (χ0) is 10.1. The zero-order valence-corrected chi connectivity index (χ0v) is 8.54. The predicted octanol–water partition coefficient (Wildman–Crippen LogP) is 2.78. The standard InChI is InChI=1S/C12H14O2/c1-3-9-7-14-11-6-4-5-10(8(2)13)12(9)11/h4-6,9H,3,7H2,1-2H3/t9-/m0/s1.